The number of para-hydroxylation sites is 1. The summed E-state index contributed by atoms with van der Waals surface area (Å²) >= 11 is 3.56. The molecule has 0 spiro atoms. The Kier molecular flexibility index (Phi) is 5.38. The first-order valence-electron chi connectivity index (χ1n) is 8.39. The molecule has 26 heavy (non-hydrogen) atoms. The third-order valence-corrected chi connectivity index (χ3v) is 6.16. The van der Waals surface area contributed by atoms with Gasteiger partial charge < -0.3 is 0 Å². The molecule has 1 aliphatic heterocycles. The van der Waals surface area contributed by atoms with E-state index in [1.807, 2.05) is 42.5 Å². The van der Waals surface area contributed by atoms with Gasteiger partial charge in [-0.25, -0.2) is 4.99 Å². The average Bonchev–Trinajstić information content (AvgIpc) is 3.18. The van der Waals surface area contributed by atoms with Gasteiger partial charge in [-0.05, 0) is 29.2 Å². The topological polar surface area (TPSA) is 12.4 Å². The Labute approximate surface area is 162 Å². The number of aliphatic imine (C=N–C) groups is 1. The zero-order valence-corrected chi connectivity index (χ0v) is 15.7. The maximum Gasteiger partial charge on any atom is 0.0725 e. The van der Waals surface area contributed by atoms with Crippen molar-refractivity contribution in [1.82, 2.24) is 0 Å². The van der Waals surface area contributed by atoms with Crippen LogP contribution in [0.1, 0.15) is 11.1 Å². The molecule has 126 valence electrons. The van der Waals surface area contributed by atoms with E-state index in [4.69, 9.17) is 4.99 Å². The third kappa shape index (κ3) is 4.18. The van der Waals surface area contributed by atoms with Gasteiger partial charge in [0.15, 0.2) is 0 Å². The van der Waals surface area contributed by atoms with E-state index in [-0.39, 0.29) is 0 Å². The van der Waals surface area contributed by atoms with Crippen LogP contribution in [-0.2, 0) is 0 Å². The zero-order chi connectivity index (χ0) is 17.6. The quantitative estimate of drug-likeness (QED) is 0.452. The molecule has 0 N–H and O–H groups in total. The molecule has 0 radical (unpaired) electrons. The molecule has 1 heterocycles. The van der Waals surface area contributed by atoms with Crippen LogP contribution in [-0.4, -0.2) is 5.71 Å². The summed E-state index contributed by atoms with van der Waals surface area (Å²) in [5, 5.41) is 2.22. The molecule has 0 amide bonds. The van der Waals surface area contributed by atoms with Gasteiger partial charge in [0.05, 0.1) is 15.6 Å². The van der Waals surface area contributed by atoms with E-state index in [9.17, 15) is 0 Å². The summed E-state index contributed by atoms with van der Waals surface area (Å²) in [5.41, 5.74) is 4.33. The van der Waals surface area contributed by atoms with Gasteiger partial charge in [-0.2, -0.15) is 0 Å². The minimum absolute atomic E-state index is 0.965. The minimum atomic E-state index is 0.965. The second-order valence-corrected chi connectivity index (χ2v) is 7.98. The van der Waals surface area contributed by atoms with Crippen molar-refractivity contribution in [3.63, 3.8) is 0 Å². The molecule has 4 rings (SSSR count). The van der Waals surface area contributed by atoms with Crippen LogP contribution in [0.3, 0.4) is 0 Å². The fourth-order valence-corrected chi connectivity index (χ4v) is 4.73. The van der Waals surface area contributed by atoms with E-state index < -0.39 is 0 Å². The average molecular weight is 372 g/mol. The van der Waals surface area contributed by atoms with Crippen LogP contribution in [0, 0.1) is 0 Å². The summed E-state index contributed by atoms with van der Waals surface area (Å²) in [6.45, 7) is 0. The maximum atomic E-state index is 4.88. The van der Waals surface area contributed by atoms with Gasteiger partial charge >= 0.3 is 0 Å². The van der Waals surface area contributed by atoms with Crippen LogP contribution in [0.2, 0.25) is 0 Å². The molecule has 1 aliphatic rings. The van der Waals surface area contributed by atoms with Crippen LogP contribution in [0.25, 0.3) is 4.91 Å². The van der Waals surface area contributed by atoms with E-state index in [2.05, 4.69) is 60.0 Å². The molecule has 0 saturated carbocycles. The molecular formula is C23H17NS2. The fourth-order valence-electron chi connectivity index (χ4n) is 2.60. The number of hydrogen-bond donors (Lipinski definition) is 0. The van der Waals surface area contributed by atoms with Crippen molar-refractivity contribution >= 4 is 39.8 Å². The number of nitrogens with zero attached hydrogens (tertiary/aromatic N) is 1. The Hall–Kier alpha value is -2.49. The summed E-state index contributed by atoms with van der Waals surface area (Å²) in [5.74, 6) is 0. The van der Waals surface area contributed by atoms with Crippen molar-refractivity contribution < 1.29 is 0 Å². The second kappa shape index (κ2) is 8.26. The van der Waals surface area contributed by atoms with Gasteiger partial charge in [-0.3, -0.25) is 0 Å². The lowest BCUT2D eigenvalue weighted by molar-refractivity contribution is 1.50. The monoisotopic (exact) mass is 371 g/mol. The lowest BCUT2D eigenvalue weighted by atomic mass is 10.1. The van der Waals surface area contributed by atoms with Crippen LogP contribution in [0.4, 0.5) is 5.69 Å². The zero-order valence-electron chi connectivity index (χ0n) is 14.1. The molecule has 0 aromatic heterocycles. The highest BCUT2D eigenvalue weighted by Gasteiger charge is 2.15. The van der Waals surface area contributed by atoms with Gasteiger partial charge in [-0.15, -0.1) is 0 Å². The molecule has 1 nitrogen and oxygen atoms in total. The molecule has 3 heteroatoms. The van der Waals surface area contributed by atoms with Crippen LogP contribution < -0.4 is 0 Å². The SMILES string of the molecule is C(=C1SC=C(c2ccccc2)S1)C(=Nc1ccccc1)c1ccccc1. The van der Waals surface area contributed by atoms with Crippen molar-refractivity contribution in [2.45, 2.75) is 0 Å². The summed E-state index contributed by atoms with van der Waals surface area (Å²) in [4.78, 5) is 6.17. The number of allylic oxidation sites excluding steroid dienone is 1. The molecule has 0 fully saturated rings. The lowest BCUT2D eigenvalue weighted by Gasteiger charge is -2.05. The number of hydrogen-bond acceptors (Lipinski definition) is 3. The number of benzene rings is 3. The van der Waals surface area contributed by atoms with Crippen LogP contribution in [0.5, 0.6) is 0 Å². The van der Waals surface area contributed by atoms with Gasteiger partial charge in [-0.1, -0.05) is 102 Å². The number of thioether (sulfide) groups is 2. The van der Waals surface area contributed by atoms with E-state index in [1.54, 1.807) is 23.5 Å². The van der Waals surface area contributed by atoms with Gasteiger partial charge in [0.25, 0.3) is 0 Å². The maximum absolute atomic E-state index is 4.88. The Morgan fingerprint density at radius 2 is 1.35 bits per heavy atom. The highest BCUT2D eigenvalue weighted by atomic mass is 32.2. The van der Waals surface area contributed by atoms with E-state index >= 15 is 0 Å². The van der Waals surface area contributed by atoms with Crippen molar-refractivity contribution in [2.24, 2.45) is 4.99 Å². The molecule has 0 saturated heterocycles. The first kappa shape index (κ1) is 17.0. The van der Waals surface area contributed by atoms with E-state index in [0.717, 1.165) is 17.0 Å². The molecule has 0 atom stereocenters. The fraction of sp³-hybridized carbons (Fsp3) is 0. The highest BCUT2D eigenvalue weighted by Crippen LogP contribution is 2.48. The predicted octanol–water partition coefficient (Wildman–Crippen LogP) is 7.13. The first-order valence-corrected chi connectivity index (χ1v) is 10.1. The summed E-state index contributed by atoms with van der Waals surface area (Å²) in [6, 6.07) is 31.0. The molecule has 0 bridgehead atoms. The molecule has 3 aromatic carbocycles. The standard InChI is InChI=1S/C23H17NS2/c1-4-10-18(11-5-1)21(24-20-14-8-3-9-15-20)16-23-25-17-22(26-23)19-12-6-2-7-13-19/h1-17H. The Balaban J connectivity index is 1.64. The third-order valence-electron chi connectivity index (χ3n) is 3.88. The summed E-state index contributed by atoms with van der Waals surface area (Å²) in [7, 11) is 0. The van der Waals surface area contributed by atoms with E-state index in [1.165, 1.54) is 14.7 Å². The van der Waals surface area contributed by atoms with Crippen molar-refractivity contribution in [3.05, 3.63) is 118 Å². The normalized spacial score (nSPS) is 15.9. The van der Waals surface area contributed by atoms with E-state index in [0.29, 0.717) is 0 Å². The second-order valence-electron chi connectivity index (χ2n) is 5.73. The van der Waals surface area contributed by atoms with Gasteiger partial charge in [0, 0.05) is 10.5 Å². The minimum Gasteiger partial charge on any atom is -0.248 e. The van der Waals surface area contributed by atoms with Crippen LogP contribution >= 0.6 is 23.5 Å². The van der Waals surface area contributed by atoms with Crippen LogP contribution in [0.15, 0.2) is 112 Å². The molecule has 0 unspecified atom stereocenters. The Bertz CT molecular complexity index is 959. The smallest absolute Gasteiger partial charge is 0.0725 e. The summed E-state index contributed by atoms with van der Waals surface area (Å²) < 4.78 is 1.24. The first-order chi connectivity index (χ1) is 12.9. The van der Waals surface area contributed by atoms with Crippen molar-refractivity contribution in [1.29, 1.82) is 0 Å². The highest BCUT2D eigenvalue weighted by molar-refractivity contribution is 8.31. The van der Waals surface area contributed by atoms with Gasteiger partial charge in [0.1, 0.15) is 0 Å². The Morgan fingerprint density at radius 3 is 2.04 bits per heavy atom. The summed E-state index contributed by atoms with van der Waals surface area (Å²) in [6.07, 6.45) is 2.18. The largest absolute Gasteiger partial charge is 0.248 e. The number of rotatable bonds is 4. The van der Waals surface area contributed by atoms with Crippen molar-refractivity contribution in [3.8, 4) is 0 Å². The van der Waals surface area contributed by atoms with Crippen molar-refractivity contribution in [2.75, 3.05) is 0 Å². The lowest BCUT2D eigenvalue weighted by Crippen LogP contribution is -1.96. The molecule has 3 aromatic rings. The molecular weight excluding hydrogens is 354 g/mol. The molecule has 0 aliphatic carbocycles. The van der Waals surface area contributed by atoms with Gasteiger partial charge in [0.2, 0.25) is 0 Å². The predicted molar refractivity (Wildman–Crippen MR) is 117 cm³/mol. The Morgan fingerprint density at radius 1 is 0.731 bits per heavy atom.